The first-order valence-electron chi connectivity index (χ1n) is 7.77. The van der Waals surface area contributed by atoms with E-state index in [9.17, 15) is 4.79 Å². The molecule has 0 radical (unpaired) electrons. The van der Waals surface area contributed by atoms with E-state index in [1.807, 2.05) is 45.0 Å². The average molecular weight is 306 g/mol. The molecule has 1 unspecified atom stereocenters. The van der Waals surface area contributed by atoms with E-state index in [1.165, 1.54) is 0 Å². The summed E-state index contributed by atoms with van der Waals surface area (Å²) in [6.07, 6.45) is 2.36. The molecule has 1 saturated heterocycles. The molecular weight excluding hydrogens is 280 g/mol. The highest BCUT2D eigenvalue weighted by Crippen LogP contribution is 2.21. The molecule has 1 aromatic rings. The Morgan fingerprint density at radius 1 is 1.41 bits per heavy atom. The second kappa shape index (κ2) is 7.11. The lowest BCUT2D eigenvalue weighted by Crippen LogP contribution is -2.45. The van der Waals surface area contributed by atoms with Crippen LogP contribution in [0, 0.1) is 5.41 Å². The van der Waals surface area contributed by atoms with Gasteiger partial charge in [-0.1, -0.05) is 20.8 Å². The van der Waals surface area contributed by atoms with Gasteiger partial charge in [0.25, 0.3) is 0 Å². The zero-order valence-corrected chi connectivity index (χ0v) is 13.6. The summed E-state index contributed by atoms with van der Waals surface area (Å²) >= 11 is 0. The maximum Gasteiger partial charge on any atom is 0.241 e. The van der Waals surface area contributed by atoms with Crippen LogP contribution in [0.1, 0.15) is 33.6 Å². The molecule has 2 atom stereocenters. The number of nitrogens with two attached hydrogens (primary N) is 1. The summed E-state index contributed by atoms with van der Waals surface area (Å²) in [5, 5.41) is 2.83. The number of carbonyl (C=O) groups is 1. The van der Waals surface area contributed by atoms with Crippen LogP contribution in [-0.2, 0) is 9.53 Å². The van der Waals surface area contributed by atoms with E-state index >= 15 is 0 Å². The van der Waals surface area contributed by atoms with Crippen LogP contribution in [0.4, 0.5) is 5.69 Å². The van der Waals surface area contributed by atoms with Crippen LogP contribution in [0.5, 0.6) is 5.75 Å². The molecular formula is C17H26N2O3. The molecule has 1 aromatic carbocycles. The van der Waals surface area contributed by atoms with Gasteiger partial charge in [-0.15, -0.1) is 0 Å². The Hall–Kier alpha value is -1.59. The summed E-state index contributed by atoms with van der Waals surface area (Å²) in [6.45, 7) is 7.23. The molecule has 0 bridgehead atoms. The van der Waals surface area contributed by atoms with Crippen molar-refractivity contribution in [1.29, 1.82) is 0 Å². The third kappa shape index (κ3) is 4.71. The van der Waals surface area contributed by atoms with E-state index in [-0.39, 0.29) is 17.4 Å². The summed E-state index contributed by atoms with van der Waals surface area (Å²) in [5.41, 5.74) is 6.39. The van der Waals surface area contributed by atoms with Crippen molar-refractivity contribution >= 4 is 11.6 Å². The van der Waals surface area contributed by atoms with E-state index in [0.29, 0.717) is 12.3 Å². The van der Waals surface area contributed by atoms with Crippen molar-refractivity contribution in [2.75, 3.05) is 18.5 Å². The van der Waals surface area contributed by atoms with Crippen molar-refractivity contribution < 1.29 is 14.3 Å². The standard InChI is InChI=1S/C17H26N2O3/c1-17(2,3)15(18)16(20)19-12-6-8-13(9-7-12)22-11-14-5-4-10-21-14/h6-9,14-15H,4-5,10-11,18H2,1-3H3,(H,19,20)/t14?,15-/m1/s1. The third-order valence-electron chi connectivity index (χ3n) is 3.80. The first-order chi connectivity index (χ1) is 10.4. The van der Waals surface area contributed by atoms with Crippen LogP contribution < -0.4 is 15.8 Å². The maximum atomic E-state index is 12.1. The van der Waals surface area contributed by atoms with Gasteiger partial charge in [0.1, 0.15) is 12.4 Å². The number of ether oxygens (including phenoxy) is 2. The Morgan fingerprint density at radius 2 is 2.09 bits per heavy atom. The normalized spacial score (nSPS) is 19.7. The Balaban J connectivity index is 1.84. The topological polar surface area (TPSA) is 73.6 Å². The molecule has 0 spiro atoms. The van der Waals surface area contributed by atoms with Gasteiger partial charge in [0.2, 0.25) is 5.91 Å². The van der Waals surface area contributed by atoms with Crippen LogP contribution in [0.15, 0.2) is 24.3 Å². The van der Waals surface area contributed by atoms with Crippen LogP contribution in [0.25, 0.3) is 0 Å². The Kier molecular flexibility index (Phi) is 5.42. The monoisotopic (exact) mass is 306 g/mol. The number of hydrogen-bond acceptors (Lipinski definition) is 4. The molecule has 22 heavy (non-hydrogen) atoms. The van der Waals surface area contributed by atoms with Crippen molar-refractivity contribution in [2.24, 2.45) is 11.1 Å². The molecule has 0 saturated carbocycles. The summed E-state index contributed by atoms with van der Waals surface area (Å²) in [7, 11) is 0. The molecule has 2 rings (SSSR count). The average Bonchev–Trinajstić information content (AvgIpc) is 2.98. The fourth-order valence-electron chi connectivity index (χ4n) is 2.21. The summed E-state index contributed by atoms with van der Waals surface area (Å²) < 4.78 is 11.2. The second-order valence-electron chi connectivity index (χ2n) is 6.80. The minimum atomic E-state index is -0.553. The lowest BCUT2D eigenvalue weighted by molar-refractivity contribution is -0.119. The van der Waals surface area contributed by atoms with Crippen molar-refractivity contribution in [3.05, 3.63) is 24.3 Å². The number of rotatable bonds is 5. The summed E-state index contributed by atoms with van der Waals surface area (Å²) in [4.78, 5) is 12.1. The van der Waals surface area contributed by atoms with Crippen molar-refractivity contribution in [3.63, 3.8) is 0 Å². The van der Waals surface area contributed by atoms with Crippen molar-refractivity contribution in [1.82, 2.24) is 0 Å². The van der Waals surface area contributed by atoms with Gasteiger partial charge < -0.3 is 20.5 Å². The lowest BCUT2D eigenvalue weighted by atomic mass is 9.87. The van der Waals surface area contributed by atoms with Crippen molar-refractivity contribution in [2.45, 2.75) is 45.8 Å². The number of anilines is 1. The van der Waals surface area contributed by atoms with E-state index in [1.54, 1.807) is 0 Å². The van der Waals surface area contributed by atoms with Gasteiger partial charge in [0.15, 0.2) is 0 Å². The summed E-state index contributed by atoms with van der Waals surface area (Å²) in [6, 6.07) is 6.76. The van der Waals surface area contributed by atoms with Gasteiger partial charge >= 0.3 is 0 Å². The number of hydrogen-bond donors (Lipinski definition) is 2. The SMILES string of the molecule is CC(C)(C)[C@H](N)C(=O)Nc1ccc(OCC2CCCO2)cc1. The van der Waals surface area contributed by atoms with E-state index in [4.69, 9.17) is 15.2 Å². The highest BCUT2D eigenvalue weighted by atomic mass is 16.5. The van der Waals surface area contributed by atoms with Crippen LogP contribution in [0.3, 0.4) is 0 Å². The van der Waals surface area contributed by atoms with Gasteiger partial charge in [0.05, 0.1) is 12.1 Å². The molecule has 5 heteroatoms. The van der Waals surface area contributed by atoms with Crippen LogP contribution >= 0.6 is 0 Å². The second-order valence-corrected chi connectivity index (χ2v) is 6.80. The van der Waals surface area contributed by atoms with Crippen LogP contribution in [0.2, 0.25) is 0 Å². The first kappa shape index (κ1) is 16.8. The zero-order chi connectivity index (χ0) is 16.2. The molecule has 3 N–H and O–H groups in total. The van der Waals surface area contributed by atoms with Gasteiger partial charge in [-0.25, -0.2) is 0 Å². The third-order valence-corrected chi connectivity index (χ3v) is 3.80. The number of nitrogens with one attached hydrogen (secondary N) is 1. The fraction of sp³-hybridized carbons (Fsp3) is 0.588. The molecule has 1 fully saturated rings. The number of benzene rings is 1. The van der Waals surface area contributed by atoms with Crippen molar-refractivity contribution in [3.8, 4) is 5.75 Å². The van der Waals surface area contributed by atoms with E-state index < -0.39 is 6.04 Å². The smallest absolute Gasteiger partial charge is 0.241 e. The van der Waals surface area contributed by atoms with E-state index in [2.05, 4.69) is 5.32 Å². The molecule has 122 valence electrons. The maximum absolute atomic E-state index is 12.1. The number of amides is 1. The van der Waals surface area contributed by atoms with Crippen LogP contribution in [-0.4, -0.2) is 31.3 Å². The quantitative estimate of drug-likeness (QED) is 0.877. The minimum Gasteiger partial charge on any atom is -0.491 e. The van der Waals surface area contributed by atoms with E-state index in [0.717, 1.165) is 25.2 Å². The molecule has 1 aliphatic heterocycles. The molecule has 0 aromatic heterocycles. The predicted octanol–water partition coefficient (Wildman–Crippen LogP) is 2.56. The lowest BCUT2D eigenvalue weighted by Gasteiger charge is -2.25. The molecule has 1 amide bonds. The van der Waals surface area contributed by atoms with Gasteiger partial charge in [-0.3, -0.25) is 4.79 Å². The Bertz CT molecular complexity index is 488. The highest BCUT2D eigenvalue weighted by molar-refractivity contribution is 5.95. The largest absolute Gasteiger partial charge is 0.491 e. The molecule has 1 aliphatic rings. The molecule has 5 nitrogen and oxygen atoms in total. The summed E-state index contributed by atoms with van der Waals surface area (Å²) in [5.74, 6) is 0.592. The van der Waals surface area contributed by atoms with Gasteiger partial charge in [0, 0.05) is 12.3 Å². The number of carbonyl (C=O) groups excluding carboxylic acids is 1. The first-order valence-corrected chi connectivity index (χ1v) is 7.77. The highest BCUT2D eigenvalue weighted by Gasteiger charge is 2.27. The fourth-order valence-corrected chi connectivity index (χ4v) is 2.21. The molecule has 1 heterocycles. The zero-order valence-electron chi connectivity index (χ0n) is 13.6. The Morgan fingerprint density at radius 3 is 2.64 bits per heavy atom. The van der Waals surface area contributed by atoms with Gasteiger partial charge in [-0.05, 0) is 42.5 Å². The van der Waals surface area contributed by atoms with Gasteiger partial charge in [-0.2, -0.15) is 0 Å². The predicted molar refractivity (Wildman–Crippen MR) is 87.0 cm³/mol. The molecule has 0 aliphatic carbocycles. The Labute approximate surface area is 132 Å². The minimum absolute atomic E-state index is 0.180.